The summed E-state index contributed by atoms with van der Waals surface area (Å²) in [6.07, 6.45) is 4.20. The minimum atomic E-state index is -0.411. The fraction of sp³-hybridized carbons (Fsp3) is 0.333. The van der Waals surface area contributed by atoms with Crippen LogP contribution in [-0.2, 0) is 23.2 Å². The Labute approximate surface area is 175 Å². The number of ether oxygens (including phenoxy) is 1. The van der Waals surface area contributed by atoms with Gasteiger partial charge in [0.25, 0.3) is 0 Å². The molecular weight excluding hydrogens is 381 g/mol. The van der Waals surface area contributed by atoms with E-state index >= 15 is 0 Å². The van der Waals surface area contributed by atoms with Gasteiger partial charge in [-0.2, -0.15) is 0 Å². The van der Waals surface area contributed by atoms with Crippen molar-refractivity contribution in [1.82, 2.24) is 14.9 Å². The van der Waals surface area contributed by atoms with Gasteiger partial charge in [0, 0.05) is 31.4 Å². The Morgan fingerprint density at radius 2 is 1.87 bits per heavy atom. The molecule has 1 aliphatic rings. The number of carbonyl (C=O) groups excluding carboxylic acids is 1. The molecule has 0 unspecified atom stereocenters. The summed E-state index contributed by atoms with van der Waals surface area (Å²) in [5.41, 5.74) is 2.68. The SMILES string of the molecule is COc1ccc(C2(C(=O)NCCc3ncc(C)n3Cc3ccc(F)cc3)CC2)cc1. The number of amides is 1. The van der Waals surface area contributed by atoms with Gasteiger partial charge in [-0.05, 0) is 55.2 Å². The molecule has 0 aliphatic heterocycles. The normalized spacial score (nSPS) is 14.4. The standard InChI is InChI=1S/C24H26FN3O2/c1-17-15-27-22(28(17)16-18-3-7-20(25)8-4-18)11-14-26-23(29)24(12-13-24)19-5-9-21(30-2)10-6-19/h3-10,15H,11-14,16H2,1-2H3,(H,26,29). The van der Waals surface area contributed by atoms with E-state index in [1.165, 1.54) is 12.1 Å². The zero-order chi connectivity index (χ0) is 21.1. The van der Waals surface area contributed by atoms with Crippen molar-refractivity contribution in [3.63, 3.8) is 0 Å². The highest BCUT2D eigenvalue weighted by Gasteiger charge is 2.51. The monoisotopic (exact) mass is 407 g/mol. The summed E-state index contributed by atoms with van der Waals surface area (Å²) in [5.74, 6) is 1.53. The Bertz CT molecular complexity index is 1020. The Balaban J connectivity index is 1.37. The van der Waals surface area contributed by atoms with Crippen LogP contribution in [0, 0.1) is 12.7 Å². The second kappa shape index (κ2) is 8.30. The summed E-state index contributed by atoms with van der Waals surface area (Å²) in [7, 11) is 1.64. The number of hydrogen-bond donors (Lipinski definition) is 1. The number of nitrogens with zero attached hydrogens (tertiary/aromatic N) is 2. The van der Waals surface area contributed by atoms with Crippen molar-refractivity contribution in [3.05, 3.63) is 83.2 Å². The third-order valence-electron chi connectivity index (χ3n) is 5.85. The van der Waals surface area contributed by atoms with Crippen LogP contribution in [0.5, 0.6) is 5.75 Å². The Kier molecular flexibility index (Phi) is 5.57. The van der Waals surface area contributed by atoms with Crippen molar-refractivity contribution >= 4 is 5.91 Å². The predicted molar refractivity (Wildman–Crippen MR) is 113 cm³/mol. The van der Waals surface area contributed by atoms with Gasteiger partial charge in [0.1, 0.15) is 17.4 Å². The van der Waals surface area contributed by atoms with Crippen LogP contribution in [0.15, 0.2) is 54.7 Å². The van der Waals surface area contributed by atoms with E-state index < -0.39 is 5.41 Å². The molecule has 0 saturated heterocycles. The van der Waals surface area contributed by atoms with Gasteiger partial charge < -0.3 is 14.6 Å². The van der Waals surface area contributed by atoms with Crippen LogP contribution in [-0.4, -0.2) is 29.1 Å². The minimum absolute atomic E-state index is 0.0704. The van der Waals surface area contributed by atoms with Gasteiger partial charge in [-0.1, -0.05) is 24.3 Å². The molecule has 1 fully saturated rings. The molecule has 1 saturated carbocycles. The Morgan fingerprint density at radius 3 is 2.50 bits per heavy atom. The minimum Gasteiger partial charge on any atom is -0.497 e. The molecule has 4 rings (SSSR count). The van der Waals surface area contributed by atoms with Gasteiger partial charge in [0.15, 0.2) is 0 Å². The highest BCUT2D eigenvalue weighted by Crippen LogP contribution is 2.48. The highest BCUT2D eigenvalue weighted by atomic mass is 19.1. The fourth-order valence-electron chi connectivity index (χ4n) is 3.84. The van der Waals surface area contributed by atoms with Crippen LogP contribution < -0.4 is 10.1 Å². The van der Waals surface area contributed by atoms with Gasteiger partial charge in [-0.3, -0.25) is 4.79 Å². The number of aryl methyl sites for hydroxylation is 1. The van der Waals surface area contributed by atoms with Crippen LogP contribution in [0.25, 0.3) is 0 Å². The molecule has 1 N–H and O–H groups in total. The van der Waals surface area contributed by atoms with Crippen LogP contribution >= 0.6 is 0 Å². The van der Waals surface area contributed by atoms with Crippen molar-refractivity contribution in [3.8, 4) is 5.75 Å². The molecule has 156 valence electrons. The number of imidazole rings is 1. The zero-order valence-electron chi connectivity index (χ0n) is 17.3. The van der Waals surface area contributed by atoms with Gasteiger partial charge in [0.2, 0.25) is 5.91 Å². The lowest BCUT2D eigenvalue weighted by molar-refractivity contribution is -0.123. The number of hydrogen-bond acceptors (Lipinski definition) is 3. The van der Waals surface area contributed by atoms with Crippen LogP contribution in [0.1, 0.15) is 35.5 Å². The van der Waals surface area contributed by atoms with Crippen molar-refractivity contribution in [2.75, 3.05) is 13.7 Å². The summed E-state index contributed by atoms with van der Waals surface area (Å²) in [6.45, 7) is 3.16. The molecule has 30 heavy (non-hydrogen) atoms. The van der Waals surface area contributed by atoms with E-state index in [4.69, 9.17) is 4.74 Å². The summed E-state index contributed by atoms with van der Waals surface area (Å²) in [6, 6.07) is 14.3. The Hall–Kier alpha value is -3.15. The molecule has 0 atom stereocenters. The number of halogens is 1. The fourth-order valence-corrected chi connectivity index (χ4v) is 3.84. The maximum absolute atomic E-state index is 13.2. The molecule has 1 amide bonds. The van der Waals surface area contributed by atoms with E-state index in [1.807, 2.05) is 37.4 Å². The van der Waals surface area contributed by atoms with E-state index in [2.05, 4.69) is 14.9 Å². The predicted octanol–water partition coefficient (Wildman–Crippen LogP) is 3.78. The molecule has 2 aromatic carbocycles. The number of aromatic nitrogens is 2. The molecule has 0 radical (unpaired) electrons. The lowest BCUT2D eigenvalue weighted by Crippen LogP contribution is -2.36. The molecule has 3 aromatic rings. The molecule has 1 heterocycles. The third-order valence-corrected chi connectivity index (χ3v) is 5.85. The van der Waals surface area contributed by atoms with E-state index in [-0.39, 0.29) is 11.7 Å². The number of methoxy groups -OCH3 is 1. The second-order valence-electron chi connectivity index (χ2n) is 7.84. The number of rotatable bonds is 8. The quantitative estimate of drug-likeness (QED) is 0.618. The number of benzene rings is 2. The second-order valence-corrected chi connectivity index (χ2v) is 7.84. The van der Waals surface area contributed by atoms with E-state index in [0.717, 1.165) is 41.2 Å². The van der Waals surface area contributed by atoms with E-state index in [0.29, 0.717) is 19.5 Å². The lowest BCUT2D eigenvalue weighted by Gasteiger charge is -2.16. The molecule has 1 aromatic heterocycles. The van der Waals surface area contributed by atoms with E-state index in [9.17, 15) is 9.18 Å². The van der Waals surface area contributed by atoms with E-state index in [1.54, 1.807) is 19.2 Å². The van der Waals surface area contributed by atoms with Crippen molar-refractivity contribution < 1.29 is 13.9 Å². The first-order valence-electron chi connectivity index (χ1n) is 10.2. The highest BCUT2D eigenvalue weighted by molar-refractivity contribution is 5.91. The summed E-state index contributed by atoms with van der Waals surface area (Å²) in [5, 5.41) is 3.10. The van der Waals surface area contributed by atoms with Gasteiger partial charge in [-0.15, -0.1) is 0 Å². The number of nitrogens with one attached hydrogen (secondary N) is 1. The maximum Gasteiger partial charge on any atom is 0.230 e. The molecule has 0 bridgehead atoms. The maximum atomic E-state index is 13.2. The number of carbonyl (C=O) groups is 1. The third kappa shape index (κ3) is 4.08. The van der Waals surface area contributed by atoms with Gasteiger partial charge in [0.05, 0.1) is 12.5 Å². The largest absolute Gasteiger partial charge is 0.497 e. The van der Waals surface area contributed by atoms with Crippen LogP contribution in [0.3, 0.4) is 0 Å². The first kappa shape index (κ1) is 20.1. The molecule has 6 heteroatoms. The smallest absolute Gasteiger partial charge is 0.230 e. The van der Waals surface area contributed by atoms with Crippen molar-refractivity contribution in [1.29, 1.82) is 0 Å². The zero-order valence-corrected chi connectivity index (χ0v) is 17.3. The van der Waals surface area contributed by atoms with Crippen molar-refractivity contribution in [2.24, 2.45) is 0 Å². The summed E-state index contributed by atoms with van der Waals surface area (Å²) >= 11 is 0. The van der Waals surface area contributed by atoms with Gasteiger partial charge >= 0.3 is 0 Å². The van der Waals surface area contributed by atoms with Crippen molar-refractivity contribution in [2.45, 2.75) is 38.1 Å². The summed E-state index contributed by atoms with van der Waals surface area (Å²) in [4.78, 5) is 17.4. The average Bonchev–Trinajstić information content (AvgIpc) is 3.51. The first-order valence-corrected chi connectivity index (χ1v) is 10.2. The molecule has 5 nitrogen and oxygen atoms in total. The van der Waals surface area contributed by atoms with Crippen LogP contribution in [0.2, 0.25) is 0 Å². The molecule has 0 spiro atoms. The molecular formula is C24H26FN3O2. The molecule has 1 aliphatic carbocycles. The van der Waals surface area contributed by atoms with Crippen LogP contribution in [0.4, 0.5) is 4.39 Å². The lowest BCUT2D eigenvalue weighted by atomic mass is 9.95. The average molecular weight is 407 g/mol. The topological polar surface area (TPSA) is 56.1 Å². The Morgan fingerprint density at radius 1 is 1.17 bits per heavy atom. The van der Waals surface area contributed by atoms with Gasteiger partial charge in [-0.25, -0.2) is 9.37 Å². The summed E-state index contributed by atoms with van der Waals surface area (Å²) < 4.78 is 20.5. The first-order chi connectivity index (χ1) is 14.5.